The maximum atomic E-state index is 11.9. The van der Waals surface area contributed by atoms with Gasteiger partial charge in [0.15, 0.2) is 0 Å². The van der Waals surface area contributed by atoms with Crippen molar-refractivity contribution in [2.24, 2.45) is 0 Å². The number of hydrogen-bond donors (Lipinski definition) is 2. The summed E-state index contributed by atoms with van der Waals surface area (Å²) in [5.41, 5.74) is -0.499. The van der Waals surface area contributed by atoms with Gasteiger partial charge in [0.25, 0.3) is 0 Å². The zero-order chi connectivity index (χ0) is 14.5. The van der Waals surface area contributed by atoms with Crippen LogP contribution in [0.4, 0.5) is 4.79 Å². The summed E-state index contributed by atoms with van der Waals surface area (Å²) in [7, 11) is 3.05. The summed E-state index contributed by atoms with van der Waals surface area (Å²) in [6.45, 7) is 3.07. The lowest BCUT2D eigenvalue weighted by molar-refractivity contribution is -0.141. The molecule has 0 bridgehead atoms. The Morgan fingerprint density at radius 2 is 2.26 bits per heavy atom. The first kappa shape index (κ1) is 15.7. The van der Waals surface area contributed by atoms with Gasteiger partial charge in [0.05, 0.1) is 13.2 Å². The van der Waals surface area contributed by atoms with Gasteiger partial charge in [-0.2, -0.15) is 0 Å². The van der Waals surface area contributed by atoms with Gasteiger partial charge in [0, 0.05) is 27.2 Å². The van der Waals surface area contributed by atoms with E-state index >= 15 is 0 Å². The Morgan fingerprint density at radius 1 is 1.58 bits per heavy atom. The highest BCUT2D eigenvalue weighted by molar-refractivity contribution is 5.82. The minimum Gasteiger partial charge on any atom is -0.480 e. The molecule has 1 heterocycles. The predicted octanol–water partition coefficient (Wildman–Crippen LogP) is 0.297. The maximum absolute atomic E-state index is 11.9. The summed E-state index contributed by atoms with van der Waals surface area (Å²) in [5.74, 6) is -1.01. The lowest BCUT2D eigenvalue weighted by atomic mass is 10.0. The molecule has 2 unspecified atom stereocenters. The number of nitrogens with one attached hydrogen (secondary N) is 1. The van der Waals surface area contributed by atoms with Gasteiger partial charge in [0.2, 0.25) is 0 Å². The molecule has 0 aromatic heterocycles. The van der Waals surface area contributed by atoms with Gasteiger partial charge in [-0.05, 0) is 6.42 Å². The molecule has 0 aromatic rings. The Kier molecular flexibility index (Phi) is 5.56. The van der Waals surface area contributed by atoms with Crippen LogP contribution in [0.25, 0.3) is 0 Å². The molecule has 1 aliphatic heterocycles. The van der Waals surface area contributed by atoms with E-state index in [0.717, 1.165) is 0 Å². The van der Waals surface area contributed by atoms with E-state index in [-0.39, 0.29) is 0 Å². The third-order valence-corrected chi connectivity index (χ3v) is 3.52. The van der Waals surface area contributed by atoms with E-state index in [1.807, 2.05) is 0 Å². The van der Waals surface area contributed by atoms with Gasteiger partial charge >= 0.3 is 12.0 Å². The summed E-state index contributed by atoms with van der Waals surface area (Å²) in [5, 5.41) is 11.7. The van der Waals surface area contributed by atoms with Crippen molar-refractivity contribution >= 4 is 12.0 Å². The zero-order valence-corrected chi connectivity index (χ0v) is 11.6. The van der Waals surface area contributed by atoms with Crippen LogP contribution >= 0.6 is 0 Å². The van der Waals surface area contributed by atoms with Crippen molar-refractivity contribution in [3.63, 3.8) is 0 Å². The highest BCUT2D eigenvalue weighted by Gasteiger charge is 2.36. The average molecular weight is 274 g/mol. The van der Waals surface area contributed by atoms with Crippen molar-refractivity contribution in [2.75, 3.05) is 33.9 Å². The van der Waals surface area contributed by atoms with E-state index < -0.39 is 23.6 Å². The number of aliphatic carboxylic acids is 1. The number of hydrogen-bond acceptors (Lipinski definition) is 4. The highest BCUT2D eigenvalue weighted by Crippen LogP contribution is 2.21. The van der Waals surface area contributed by atoms with Crippen molar-refractivity contribution in [1.29, 1.82) is 0 Å². The van der Waals surface area contributed by atoms with Crippen LogP contribution in [0.5, 0.6) is 0 Å². The second-order valence-corrected chi connectivity index (χ2v) is 4.72. The molecule has 1 fully saturated rings. The van der Waals surface area contributed by atoms with Crippen molar-refractivity contribution in [3.8, 4) is 0 Å². The number of carboxylic acid groups (broad SMARTS) is 1. The number of amides is 2. The van der Waals surface area contributed by atoms with Gasteiger partial charge in [-0.1, -0.05) is 6.92 Å². The zero-order valence-electron chi connectivity index (χ0n) is 11.6. The Bertz CT molecular complexity index is 328. The molecule has 2 N–H and O–H groups in total. The lowest BCUT2D eigenvalue weighted by Crippen LogP contribution is -2.52. The van der Waals surface area contributed by atoms with Crippen LogP contribution in [0.1, 0.15) is 19.8 Å². The molecule has 0 spiro atoms. The molecule has 1 aliphatic rings. The molecule has 2 amide bonds. The first-order chi connectivity index (χ1) is 8.95. The molecule has 19 heavy (non-hydrogen) atoms. The molecule has 0 saturated carbocycles. The van der Waals surface area contributed by atoms with E-state index in [1.165, 1.54) is 11.9 Å². The maximum Gasteiger partial charge on any atom is 0.326 e. The molecular weight excluding hydrogens is 252 g/mol. The Labute approximate surface area is 112 Å². The topological polar surface area (TPSA) is 88.1 Å². The molecule has 2 atom stereocenters. The van der Waals surface area contributed by atoms with E-state index in [1.54, 1.807) is 14.0 Å². The number of methoxy groups -OCH3 is 1. The van der Waals surface area contributed by atoms with Crippen LogP contribution in [-0.2, 0) is 14.3 Å². The van der Waals surface area contributed by atoms with Crippen LogP contribution in [0.3, 0.4) is 0 Å². The SMILES string of the molecule is CCC(C(=O)O)N(C)C(=O)NCC1(OC)CCOC1. The number of carbonyl (C=O) groups excluding carboxylic acids is 1. The summed E-state index contributed by atoms with van der Waals surface area (Å²) < 4.78 is 10.7. The van der Waals surface area contributed by atoms with Crippen LogP contribution in [-0.4, -0.2) is 67.6 Å². The second kappa shape index (κ2) is 6.72. The number of carboxylic acids is 1. The molecule has 7 nitrogen and oxygen atoms in total. The first-order valence-electron chi connectivity index (χ1n) is 6.32. The third-order valence-electron chi connectivity index (χ3n) is 3.52. The number of urea groups is 1. The smallest absolute Gasteiger partial charge is 0.326 e. The molecule has 1 rings (SSSR count). The predicted molar refractivity (Wildman–Crippen MR) is 68.1 cm³/mol. The van der Waals surface area contributed by atoms with E-state index in [9.17, 15) is 9.59 Å². The molecule has 7 heteroatoms. The summed E-state index contributed by atoms with van der Waals surface area (Å²) in [6.07, 6.45) is 1.07. The summed E-state index contributed by atoms with van der Waals surface area (Å²) in [6, 6.07) is -1.24. The fourth-order valence-corrected chi connectivity index (χ4v) is 2.08. The van der Waals surface area contributed by atoms with Crippen molar-refractivity contribution in [2.45, 2.75) is 31.4 Å². The summed E-state index contributed by atoms with van der Waals surface area (Å²) >= 11 is 0. The van der Waals surface area contributed by atoms with Gasteiger partial charge < -0.3 is 24.8 Å². The van der Waals surface area contributed by atoms with Crippen molar-refractivity contribution in [1.82, 2.24) is 10.2 Å². The van der Waals surface area contributed by atoms with Crippen LogP contribution in [0, 0.1) is 0 Å². The minimum absolute atomic E-state index is 0.308. The van der Waals surface area contributed by atoms with E-state index in [4.69, 9.17) is 14.6 Å². The average Bonchev–Trinajstić information content (AvgIpc) is 2.85. The second-order valence-electron chi connectivity index (χ2n) is 4.72. The van der Waals surface area contributed by atoms with E-state index in [2.05, 4.69) is 5.32 Å². The largest absolute Gasteiger partial charge is 0.480 e. The van der Waals surface area contributed by atoms with Crippen molar-refractivity contribution < 1.29 is 24.2 Å². The number of rotatable bonds is 6. The number of ether oxygens (including phenoxy) is 2. The Balaban J connectivity index is 2.52. The van der Waals surface area contributed by atoms with E-state index in [0.29, 0.717) is 32.6 Å². The molecule has 110 valence electrons. The number of likely N-dealkylation sites (N-methyl/N-ethyl adjacent to an activating group) is 1. The van der Waals surface area contributed by atoms with Gasteiger partial charge in [-0.25, -0.2) is 9.59 Å². The standard InChI is InChI=1S/C12H22N2O5/c1-4-9(10(15)16)14(2)11(17)13-7-12(18-3)5-6-19-8-12/h9H,4-8H2,1-3H3,(H,13,17)(H,15,16). The molecule has 0 aliphatic carbocycles. The fourth-order valence-electron chi connectivity index (χ4n) is 2.08. The van der Waals surface area contributed by atoms with Crippen LogP contribution in [0.15, 0.2) is 0 Å². The number of nitrogens with zero attached hydrogens (tertiary/aromatic N) is 1. The molecule has 0 aromatic carbocycles. The first-order valence-corrected chi connectivity index (χ1v) is 6.32. The monoisotopic (exact) mass is 274 g/mol. The normalized spacial score (nSPS) is 23.9. The molecule has 1 saturated heterocycles. The minimum atomic E-state index is -1.01. The Morgan fingerprint density at radius 3 is 2.68 bits per heavy atom. The fraction of sp³-hybridized carbons (Fsp3) is 0.833. The van der Waals surface area contributed by atoms with Crippen molar-refractivity contribution in [3.05, 3.63) is 0 Å². The molecular formula is C12H22N2O5. The quantitative estimate of drug-likeness (QED) is 0.727. The lowest BCUT2D eigenvalue weighted by Gasteiger charge is -2.29. The highest BCUT2D eigenvalue weighted by atomic mass is 16.5. The van der Waals surface area contributed by atoms with Gasteiger partial charge in [-0.3, -0.25) is 0 Å². The van der Waals surface area contributed by atoms with Crippen LogP contribution < -0.4 is 5.32 Å². The third kappa shape index (κ3) is 3.81. The van der Waals surface area contributed by atoms with Crippen LogP contribution in [0.2, 0.25) is 0 Å². The number of carbonyl (C=O) groups is 2. The summed E-state index contributed by atoms with van der Waals surface area (Å²) in [4.78, 5) is 24.1. The van der Waals surface area contributed by atoms with Gasteiger partial charge in [0.1, 0.15) is 11.6 Å². The molecule has 0 radical (unpaired) electrons. The Hall–Kier alpha value is -1.34. The van der Waals surface area contributed by atoms with Gasteiger partial charge in [-0.15, -0.1) is 0 Å².